The summed E-state index contributed by atoms with van der Waals surface area (Å²) in [6, 6.07) is 11.3. The Morgan fingerprint density at radius 2 is 2.00 bits per heavy atom. The molecule has 0 spiro atoms. The highest BCUT2D eigenvalue weighted by Gasteiger charge is 2.29. The Bertz CT molecular complexity index is 1210. The second kappa shape index (κ2) is 6.77. The molecule has 7 heteroatoms. The maximum atomic E-state index is 13.2. The summed E-state index contributed by atoms with van der Waals surface area (Å²) >= 11 is 0. The van der Waals surface area contributed by atoms with Crippen LogP contribution in [0.15, 0.2) is 48.8 Å². The van der Waals surface area contributed by atoms with Gasteiger partial charge in [-0.05, 0) is 56.5 Å². The van der Waals surface area contributed by atoms with Crippen molar-refractivity contribution in [1.29, 1.82) is 0 Å². The number of rotatable bonds is 4. The van der Waals surface area contributed by atoms with Gasteiger partial charge in [0.1, 0.15) is 5.82 Å². The molecule has 29 heavy (non-hydrogen) atoms. The molecule has 144 valence electrons. The van der Waals surface area contributed by atoms with Crippen molar-refractivity contribution in [2.45, 2.75) is 32.6 Å². The average molecular weight is 384 g/mol. The fraction of sp³-hybridized carbons (Fsp3) is 0.227. The minimum Gasteiger partial charge on any atom is -0.307 e. The van der Waals surface area contributed by atoms with Crippen molar-refractivity contribution in [1.82, 2.24) is 24.7 Å². The number of carbonyl (C=O) groups is 1. The summed E-state index contributed by atoms with van der Waals surface area (Å²) in [5, 5.41) is 8.29. The quantitative estimate of drug-likeness (QED) is 0.576. The third-order valence-electron chi connectivity index (χ3n) is 5.09. The SMILES string of the molecule is Cc1ccc(NC(=O)c2cc(C3CC3)nc3c2c(C)nn3-c2ccccn2)nc1. The lowest BCUT2D eigenvalue weighted by atomic mass is 10.1. The van der Waals surface area contributed by atoms with Gasteiger partial charge in [-0.25, -0.2) is 15.0 Å². The van der Waals surface area contributed by atoms with Crippen LogP contribution in [0.4, 0.5) is 5.82 Å². The van der Waals surface area contributed by atoms with Gasteiger partial charge < -0.3 is 5.32 Å². The molecule has 0 bridgehead atoms. The van der Waals surface area contributed by atoms with Crippen molar-refractivity contribution in [2.75, 3.05) is 5.32 Å². The fourth-order valence-corrected chi connectivity index (χ4v) is 3.44. The molecule has 1 fully saturated rings. The highest BCUT2D eigenvalue weighted by Crippen LogP contribution is 2.40. The van der Waals surface area contributed by atoms with Crippen LogP contribution in [0.2, 0.25) is 0 Å². The van der Waals surface area contributed by atoms with Gasteiger partial charge in [0.25, 0.3) is 5.91 Å². The minimum atomic E-state index is -0.209. The van der Waals surface area contributed by atoms with E-state index in [1.165, 1.54) is 0 Å². The molecule has 0 atom stereocenters. The third kappa shape index (κ3) is 3.24. The first-order valence-corrected chi connectivity index (χ1v) is 9.66. The molecule has 0 aromatic carbocycles. The van der Waals surface area contributed by atoms with E-state index in [0.717, 1.165) is 35.2 Å². The van der Waals surface area contributed by atoms with E-state index in [9.17, 15) is 4.79 Å². The van der Waals surface area contributed by atoms with Gasteiger partial charge in [0.05, 0.1) is 16.6 Å². The van der Waals surface area contributed by atoms with Gasteiger partial charge in [0.15, 0.2) is 11.5 Å². The molecule has 1 N–H and O–H groups in total. The Morgan fingerprint density at radius 3 is 2.69 bits per heavy atom. The Labute approximate surface area is 167 Å². The van der Waals surface area contributed by atoms with Crippen LogP contribution >= 0.6 is 0 Å². The second-order valence-electron chi connectivity index (χ2n) is 7.43. The summed E-state index contributed by atoms with van der Waals surface area (Å²) in [5.74, 6) is 1.39. The van der Waals surface area contributed by atoms with Gasteiger partial charge in [0.2, 0.25) is 0 Å². The Hall–Kier alpha value is -3.61. The van der Waals surface area contributed by atoms with Gasteiger partial charge in [-0.15, -0.1) is 0 Å². The Kier molecular flexibility index (Phi) is 4.08. The van der Waals surface area contributed by atoms with Crippen molar-refractivity contribution in [3.8, 4) is 5.82 Å². The van der Waals surface area contributed by atoms with Crippen LogP contribution in [0, 0.1) is 13.8 Å². The molecule has 4 heterocycles. The molecule has 1 saturated carbocycles. The van der Waals surface area contributed by atoms with Crippen molar-refractivity contribution < 1.29 is 4.79 Å². The predicted molar refractivity (Wildman–Crippen MR) is 110 cm³/mol. The van der Waals surface area contributed by atoms with Crippen LogP contribution < -0.4 is 5.32 Å². The number of hydrogen-bond donors (Lipinski definition) is 1. The lowest BCUT2D eigenvalue weighted by Crippen LogP contribution is -2.14. The topological polar surface area (TPSA) is 85.6 Å². The molecule has 1 aliphatic rings. The smallest absolute Gasteiger partial charge is 0.257 e. The average Bonchev–Trinajstić information content (AvgIpc) is 3.54. The molecule has 7 nitrogen and oxygen atoms in total. The van der Waals surface area contributed by atoms with E-state index in [-0.39, 0.29) is 5.91 Å². The summed E-state index contributed by atoms with van der Waals surface area (Å²) in [5.41, 5.74) is 3.93. The first kappa shape index (κ1) is 17.5. The number of aromatic nitrogens is 5. The number of carbonyl (C=O) groups excluding carboxylic acids is 1. The van der Waals surface area contributed by atoms with E-state index in [1.807, 2.05) is 44.2 Å². The molecule has 0 unspecified atom stereocenters. The third-order valence-corrected chi connectivity index (χ3v) is 5.09. The van der Waals surface area contributed by atoms with Crippen LogP contribution in [-0.2, 0) is 0 Å². The summed E-state index contributed by atoms with van der Waals surface area (Å²) in [6.45, 7) is 3.85. The summed E-state index contributed by atoms with van der Waals surface area (Å²) in [4.78, 5) is 26.7. The zero-order valence-corrected chi connectivity index (χ0v) is 16.3. The number of fused-ring (bicyclic) bond motifs is 1. The van der Waals surface area contributed by atoms with Crippen molar-refractivity contribution in [3.05, 3.63) is 71.3 Å². The van der Waals surface area contributed by atoms with Crippen LogP contribution in [0.25, 0.3) is 16.9 Å². The summed E-state index contributed by atoms with van der Waals surface area (Å²) < 4.78 is 1.72. The molecule has 0 saturated heterocycles. The maximum absolute atomic E-state index is 13.2. The van der Waals surface area contributed by atoms with Gasteiger partial charge in [-0.1, -0.05) is 12.1 Å². The molecule has 1 aliphatic carbocycles. The van der Waals surface area contributed by atoms with Gasteiger partial charge in [0, 0.05) is 24.0 Å². The molecule has 4 aromatic heterocycles. The van der Waals surface area contributed by atoms with E-state index in [2.05, 4.69) is 20.4 Å². The maximum Gasteiger partial charge on any atom is 0.257 e. The number of hydrogen-bond acceptors (Lipinski definition) is 5. The minimum absolute atomic E-state index is 0.209. The molecule has 0 aliphatic heterocycles. The van der Waals surface area contributed by atoms with Gasteiger partial charge >= 0.3 is 0 Å². The lowest BCUT2D eigenvalue weighted by molar-refractivity contribution is 0.102. The van der Waals surface area contributed by atoms with E-state index in [4.69, 9.17) is 4.98 Å². The molecule has 5 rings (SSSR count). The number of anilines is 1. The molecular formula is C22H20N6O. The van der Waals surface area contributed by atoms with E-state index >= 15 is 0 Å². The van der Waals surface area contributed by atoms with Crippen molar-refractivity contribution in [2.24, 2.45) is 0 Å². The number of aryl methyl sites for hydroxylation is 2. The van der Waals surface area contributed by atoms with Crippen molar-refractivity contribution in [3.63, 3.8) is 0 Å². The number of amides is 1. The monoisotopic (exact) mass is 384 g/mol. The van der Waals surface area contributed by atoms with Gasteiger partial charge in [-0.2, -0.15) is 9.78 Å². The predicted octanol–water partition coefficient (Wildman–Crippen LogP) is 3.96. The van der Waals surface area contributed by atoms with Crippen LogP contribution in [0.1, 0.15) is 46.1 Å². The number of pyridine rings is 3. The lowest BCUT2D eigenvalue weighted by Gasteiger charge is -2.09. The normalized spacial score (nSPS) is 13.6. The van der Waals surface area contributed by atoms with Gasteiger partial charge in [-0.3, -0.25) is 4.79 Å². The highest BCUT2D eigenvalue weighted by molar-refractivity contribution is 6.12. The Morgan fingerprint density at radius 1 is 1.14 bits per heavy atom. The molecule has 1 amide bonds. The molecule has 0 radical (unpaired) electrons. The number of nitrogens with zero attached hydrogens (tertiary/aromatic N) is 5. The Balaban J connectivity index is 1.65. The van der Waals surface area contributed by atoms with Crippen LogP contribution in [-0.4, -0.2) is 30.6 Å². The van der Waals surface area contributed by atoms with Crippen molar-refractivity contribution >= 4 is 22.8 Å². The summed E-state index contributed by atoms with van der Waals surface area (Å²) in [7, 11) is 0. The van der Waals surface area contributed by atoms with E-state index in [1.54, 1.807) is 23.1 Å². The largest absolute Gasteiger partial charge is 0.307 e. The zero-order chi connectivity index (χ0) is 20.0. The standard InChI is InChI=1S/C22H20N6O/c1-13-6-9-18(24-12-13)26-22(29)16-11-17(15-7-8-15)25-21-20(16)14(2)27-28(21)19-5-3-4-10-23-19/h3-6,9-12,15H,7-8H2,1-2H3,(H,24,26,29). The first-order valence-electron chi connectivity index (χ1n) is 9.66. The van der Waals surface area contributed by atoms with Crippen LogP contribution in [0.3, 0.4) is 0 Å². The zero-order valence-electron chi connectivity index (χ0n) is 16.3. The molecular weight excluding hydrogens is 364 g/mol. The van der Waals surface area contributed by atoms with Crippen LogP contribution in [0.5, 0.6) is 0 Å². The molecule has 4 aromatic rings. The van der Waals surface area contributed by atoms with E-state index < -0.39 is 0 Å². The highest BCUT2D eigenvalue weighted by atomic mass is 16.1. The fourth-order valence-electron chi connectivity index (χ4n) is 3.44. The first-order chi connectivity index (χ1) is 14.1. The summed E-state index contributed by atoms with van der Waals surface area (Å²) in [6.07, 6.45) is 5.64. The van der Waals surface area contributed by atoms with E-state index in [0.29, 0.717) is 28.8 Å². The second-order valence-corrected chi connectivity index (χ2v) is 7.43. The number of nitrogens with one attached hydrogen (secondary N) is 1.